The van der Waals surface area contributed by atoms with E-state index < -0.39 is 4.92 Å². The molecule has 0 aromatic heterocycles. The van der Waals surface area contributed by atoms with Gasteiger partial charge in [-0.1, -0.05) is 23.7 Å². The van der Waals surface area contributed by atoms with Crippen LogP contribution >= 0.6 is 11.6 Å². The van der Waals surface area contributed by atoms with Crippen LogP contribution in [0.25, 0.3) is 0 Å². The molecule has 0 spiro atoms. The normalized spacial score (nSPS) is 11.3. The lowest BCUT2D eigenvalue weighted by molar-refractivity contribution is -0.384. The van der Waals surface area contributed by atoms with Crippen LogP contribution in [0.1, 0.15) is 23.8 Å². The van der Waals surface area contributed by atoms with Crippen LogP contribution in [-0.2, 0) is 0 Å². The molecule has 0 saturated carbocycles. The van der Waals surface area contributed by atoms with Gasteiger partial charge in [-0.15, -0.1) is 0 Å². The van der Waals surface area contributed by atoms with E-state index in [1.165, 1.54) is 12.1 Å². The summed E-state index contributed by atoms with van der Waals surface area (Å²) in [7, 11) is 0. The molecule has 0 N–H and O–H groups in total. The molecule has 80 valence electrons. The second-order valence-electron chi connectivity index (χ2n) is 3.09. The van der Waals surface area contributed by atoms with Crippen molar-refractivity contribution < 1.29 is 9.35 Å². The molecule has 0 atom stereocenters. The fourth-order valence-corrected chi connectivity index (χ4v) is 1.23. The summed E-state index contributed by atoms with van der Waals surface area (Å²) in [5.41, 5.74) is 0.642. The molecule has 0 radical (unpaired) electrons. The van der Waals surface area contributed by atoms with E-state index in [9.17, 15) is 10.1 Å². The van der Waals surface area contributed by atoms with E-state index in [1.54, 1.807) is 26.0 Å². The van der Waals surface area contributed by atoms with Crippen molar-refractivity contribution in [2.45, 2.75) is 13.8 Å². The van der Waals surface area contributed by atoms with E-state index in [1.807, 2.05) is 0 Å². The summed E-state index contributed by atoms with van der Waals surface area (Å²) in [6, 6.07) is 5.85. The van der Waals surface area contributed by atoms with E-state index >= 15 is 0 Å². The minimum atomic E-state index is -0.463. The number of hydrogen-bond acceptors (Lipinski definition) is 2. The van der Waals surface area contributed by atoms with Crippen LogP contribution in [0.3, 0.4) is 0 Å². The molecule has 0 fully saturated rings. The second kappa shape index (κ2) is 4.79. The first kappa shape index (κ1) is 11.5. The molecule has 5 heteroatoms. The Morgan fingerprint density at radius 2 is 1.93 bits per heavy atom. The predicted octanol–water partition coefficient (Wildman–Crippen LogP) is 3.08. The molecule has 0 saturated heterocycles. The number of carbonyl (C=O) groups excluding carboxylic acids is 1. The van der Waals surface area contributed by atoms with Crippen LogP contribution in [0.5, 0.6) is 0 Å². The van der Waals surface area contributed by atoms with Gasteiger partial charge in [0.2, 0.25) is 0 Å². The Morgan fingerprint density at radius 3 is 2.33 bits per heavy atom. The molecule has 15 heavy (non-hydrogen) atoms. The Morgan fingerprint density at radius 1 is 1.40 bits per heavy atom. The molecule has 0 aliphatic heterocycles. The van der Waals surface area contributed by atoms with Gasteiger partial charge in [-0.25, -0.2) is 0 Å². The fraction of sp³-hybridized carbons (Fsp3) is 0.200. The summed E-state index contributed by atoms with van der Waals surface area (Å²) in [6.07, 6.45) is 0.707. The summed E-state index contributed by atoms with van der Waals surface area (Å²) in [4.78, 5) is 9.93. The zero-order valence-corrected chi connectivity index (χ0v) is 9.12. The molecule has 0 unspecified atom stereocenters. The standard InChI is InChI=1S/C10H10ClNO3/c1-7(2)15-10(11)8-3-5-9(6-4-8)12(13)14/h3-6H,1-2H3. The Hall–Kier alpha value is -1.55. The highest BCUT2D eigenvalue weighted by atomic mass is 35.5. The summed E-state index contributed by atoms with van der Waals surface area (Å²) in [5.74, 6) is 0. The van der Waals surface area contributed by atoms with Crippen molar-refractivity contribution in [3.8, 4) is 0 Å². The number of halogens is 1. The van der Waals surface area contributed by atoms with Crippen LogP contribution in [0.15, 0.2) is 24.3 Å². The Kier molecular flexibility index (Phi) is 3.68. The van der Waals surface area contributed by atoms with Crippen molar-refractivity contribution in [1.29, 1.82) is 0 Å². The van der Waals surface area contributed by atoms with Crippen LogP contribution in [0.4, 0.5) is 5.69 Å². The van der Waals surface area contributed by atoms with Crippen LogP contribution < -0.4 is 0 Å². The molecule has 4 nitrogen and oxygen atoms in total. The maximum absolute atomic E-state index is 10.4. The third-order valence-corrected chi connectivity index (χ3v) is 1.89. The molecule has 1 aromatic carbocycles. The van der Waals surface area contributed by atoms with Gasteiger partial charge < -0.3 is 4.42 Å². The number of rotatable bonds is 3. The lowest BCUT2D eigenvalue weighted by atomic mass is 10.2. The topological polar surface area (TPSA) is 54.4 Å². The molecule has 0 aliphatic rings. The number of hydrogen-bond donors (Lipinski definition) is 0. The zero-order chi connectivity index (χ0) is 11.4. The van der Waals surface area contributed by atoms with Crippen molar-refractivity contribution in [1.82, 2.24) is 0 Å². The van der Waals surface area contributed by atoms with Gasteiger partial charge in [0.05, 0.1) is 4.92 Å². The third kappa shape index (κ3) is 3.25. The summed E-state index contributed by atoms with van der Waals surface area (Å²) < 4.78 is 5.17. The molecular formula is C10H10ClNO3. The maximum atomic E-state index is 10.4. The average Bonchev–Trinajstić information content (AvgIpc) is 2.17. The highest BCUT2D eigenvalue weighted by molar-refractivity contribution is 6.67. The summed E-state index contributed by atoms with van der Waals surface area (Å²) in [6.45, 7) is 3.54. The van der Waals surface area contributed by atoms with Crippen LogP contribution in [-0.4, -0.2) is 10.2 Å². The van der Waals surface area contributed by atoms with Crippen molar-refractivity contribution in [2.75, 3.05) is 0 Å². The number of nitro benzene ring substituents is 1. The lowest BCUT2D eigenvalue weighted by Crippen LogP contribution is -1.95. The molecule has 0 aliphatic carbocycles. The molecule has 1 rings (SSSR count). The van der Waals surface area contributed by atoms with E-state index in [2.05, 4.69) is 0 Å². The van der Waals surface area contributed by atoms with Crippen molar-refractivity contribution in [2.24, 2.45) is 0 Å². The minimum absolute atomic E-state index is 0.0282. The molecule has 0 bridgehead atoms. The summed E-state index contributed by atoms with van der Waals surface area (Å²) in [5, 5.41) is 10.6. The Balaban J connectivity index is 2.94. The number of nitrogens with zero attached hydrogens (tertiary/aromatic N) is 1. The number of non-ortho nitro benzene ring substituents is 1. The zero-order valence-electron chi connectivity index (χ0n) is 8.36. The SMILES string of the molecule is C[C-](C)[O+]=C(Cl)c1ccc([N+](=O)[O-])cc1. The molecule has 0 amide bonds. The van der Waals surface area contributed by atoms with Gasteiger partial charge in [0.25, 0.3) is 10.9 Å². The van der Waals surface area contributed by atoms with Crippen molar-refractivity contribution >= 4 is 22.5 Å². The Labute approximate surface area is 92.3 Å². The van der Waals surface area contributed by atoms with Gasteiger partial charge in [-0.3, -0.25) is 10.1 Å². The largest absolute Gasteiger partial charge is 0.378 e. The van der Waals surface area contributed by atoms with Gasteiger partial charge in [0.1, 0.15) is 0 Å². The molecule has 1 aromatic rings. The van der Waals surface area contributed by atoms with E-state index in [4.69, 9.17) is 16.0 Å². The van der Waals surface area contributed by atoms with Gasteiger partial charge in [-0.2, -0.15) is 0 Å². The Bertz CT molecular complexity index is 384. The van der Waals surface area contributed by atoms with E-state index in [-0.39, 0.29) is 10.9 Å². The third-order valence-electron chi connectivity index (χ3n) is 1.60. The minimum Gasteiger partial charge on any atom is -0.378 e. The average molecular weight is 228 g/mol. The summed E-state index contributed by atoms with van der Waals surface area (Å²) >= 11 is 5.84. The quantitative estimate of drug-likeness (QED) is 0.262. The first-order valence-electron chi connectivity index (χ1n) is 4.26. The first-order valence-corrected chi connectivity index (χ1v) is 4.64. The smallest absolute Gasteiger partial charge is 0.274 e. The highest BCUT2D eigenvalue weighted by Gasteiger charge is 2.08. The van der Waals surface area contributed by atoms with Crippen molar-refractivity contribution in [3.63, 3.8) is 0 Å². The van der Waals surface area contributed by atoms with Gasteiger partial charge in [0.15, 0.2) is 6.10 Å². The van der Waals surface area contributed by atoms with Crippen LogP contribution in [0.2, 0.25) is 0 Å². The van der Waals surface area contributed by atoms with Crippen molar-refractivity contribution in [3.05, 3.63) is 46.0 Å². The fourth-order valence-electron chi connectivity index (χ4n) is 0.952. The van der Waals surface area contributed by atoms with E-state index in [0.717, 1.165) is 0 Å². The molecule has 0 heterocycles. The first-order chi connectivity index (χ1) is 7.00. The predicted molar refractivity (Wildman–Crippen MR) is 57.9 cm³/mol. The van der Waals surface area contributed by atoms with E-state index in [0.29, 0.717) is 11.7 Å². The van der Waals surface area contributed by atoms with Crippen LogP contribution in [0, 0.1) is 16.2 Å². The van der Waals surface area contributed by atoms with Gasteiger partial charge in [0, 0.05) is 17.7 Å². The lowest BCUT2D eigenvalue weighted by Gasteiger charge is -1.99. The van der Waals surface area contributed by atoms with Gasteiger partial charge >= 0.3 is 0 Å². The number of nitro groups is 1. The second-order valence-corrected chi connectivity index (χ2v) is 3.43. The number of benzene rings is 1. The monoisotopic (exact) mass is 227 g/mol. The maximum Gasteiger partial charge on any atom is 0.274 e. The highest BCUT2D eigenvalue weighted by Crippen LogP contribution is 2.14. The van der Waals surface area contributed by atoms with Gasteiger partial charge in [-0.05, 0) is 13.8 Å². The molecular weight excluding hydrogens is 218 g/mol.